The fourth-order valence-electron chi connectivity index (χ4n) is 3.79. The maximum atomic E-state index is 13.0. The van der Waals surface area contributed by atoms with Gasteiger partial charge in [0.1, 0.15) is 0 Å². The number of rotatable bonds is 5. The van der Waals surface area contributed by atoms with Crippen molar-refractivity contribution in [3.63, 3.8) is 0 Å². The van der Waals surface area contributed by atoms with Crippen LogP contribution in [0.1, 0.15) is 44.4 Å². The van der Waals surface area contributed by atoms with E-state index in [0.717, 1.165) is 30.2 Å². The number of carbonyl (C=O) groups is 1. The standard InChI is InChI=1S/C25H33N3O/c1-16(2)20(6)28-15-22(25(29)27-13-17(3)14-27)11-24(21(28)7)26-12-23-18(4)9-8-10-19(23)5/h8-11,15,17,26H,7,12-14H2,1-6H3. The predicted octanol–water partition coefficient (Wildman–Crippen LogP) is 4.78. The molecule has 1 amide bonds. The van der Waals surface area contributed by atoms with Crippen LogP contribution in [0.5, 0.6) is 0 Å². The smallest absolute Gasteiger partial charge is 0.255 e. The van der Waals surface area contributed by atoms with Gasteiger partial charge in [0.15, 0.2) is 0 Å². The summed E-state index contributed by atoms with van der Waals surface area (Å²) in [5.41, 5.74) is 8.56. The molecule has 0 aliphatic carbocycles. The monoisotopic (exact) mass is 391 g/mol. The highest BCUT2D eigenvalue weighted by Crippen LogP contribution is 2.29. The number of benzene rings is 1. The summed E-state index contributed by atoms with van der Waals surface area (Å²) in [5, 5.41) is 3.55. The van der Waals surface area contributed by atoms with Crippen molar-refractivity contribution < 1.29 is 4.79 Å². The van der Waals surface area contributed by atoms with Crippen LogP contribution in [0.2, 0.25) is 0 Å². The molecule has 0 unspecified atom stereocenters. The highest BCUT2D eigenvalue weighted by atomic mass is 16.2. The van der Waals surface area contributed by atoms with Crippen molar-refractivity contribution >= 4 is 5.91 Å². The third-order valence-electron chi connectivity index (χ3n) is 5.95. The summed E-state index contributed by atoms with van der Waals surface area (Å²) in [7, 11) is 0. The molecule has 1 aromatic carbocycles. The molecule has 1 fully saturated rings. The molecule has 0 saturated carbocycles. The number of hydrogen-bond donors (Lipinski definition) is 1. The fourth-order valence-corrected chi connectivity index (χ4v) is 3.79. The average molecular weight is 392 g/mol. The largest absolute Gasteiger partial charge is 0.379 e. The molecule has 4 heteroatoms. The van der Waals surface area contributed by atoms with E-state index in [-0.39, 0.29) is 5.91 Å². The number of aryl methyl sites for hydroxylation is 2. The lowest BCUT2D eigenvalue weighted by molar-refractivity contribution is -0.132. The Kier molecular flexibility index (Phi) is 6.02. The first kappa shape index (κ1) is 21.0. The molecule has 4 nitrogen and oxygen atoms in total. The van der Waals surface area contributed by atoms with E-state index in [1.807, 2.05) is 22.1 Å². The summed E-state index contributed by atoms with van der Waals surface area (Å²) in [5.74, 6) is 0.674. The summed E-state index contributed by atoms with van der Waals surface area (Å²) in [6, 6.07) is 6.35. The molecule has 2 heterocycles. The summed E-state index contributed by atoms with van der Waals surface area (Å²) in [6.45, 7) is 19.3. The number of nitrogens with zero attached hydrogens (tertiary/aromatic N) is 2. The lowest BCUT2D eigenvalue weighted by Crippen LogP contribution is -2.49. The van der Waals surface area contributed by atoms with Gasteiger partial charge in [0.25, 0.3) is 5.91 Å². The first-order valence-electron chi connectivity index (χ1n) is 10.3. The number of allylic oxidation sites excluding steroid dienone is 2. The molecule has 0 atom stereocenters. The lowest BCUT2D eigenvalue weighted by atomic mass is 9.99. The summed E-state index contributed by atoms with van der Waals surface area (Å²) in [6.07, 6.45) is 3.89. The molecule has 0 radical (unpaired) electrons. The first-order valence-corrected chi connectivity index (χ1v) is 10.3. The van der Waals surface area contributed by atoms with Gasteiger partial charge in [-0.15, -0.1) is 0 Å². The van der Waals surface area contributed by atoms with Crippen LogP contribution in [0.3, 0.4) is 0 Å². The van der Waals surface area contributed by atoms with Gasteiger partial charge in [-0.3, -0.25) is 4.79 Å². The molecule has 0 spiro atoms. The lowest BCUT2D eigenvalue weighted by Gasteiger charge is -2.39. The summed E-state index contributed by atoms with van der Waals surface area (Å²) < 4.78 is 0. The number of nitrogens with one attached hydrogen (secondary N) is 1. The zero-order chi connectivity index (χ0) is 21.3. The first-order chi connectivity index (χ1) is 13.7. The molecule has 0 aromatic heterocycles. The van der Waals surface area contributed by atoms with Crippen molar-refractivity contribution in [1.29, 1.82) is 0 Å². The van der Waals surface area contributed by atoms with Gasteiger partial charge in [-0.05, 0) is 63.3 Å². The summed E-state index contributed by atoms with van der Waals surface area (Å²) >= 11 is 0. The minimum atomic E-state index is 0.0912. The van der Waals surface area contributed by atoms with Crippen LogP contribution >= 0.6 is 0 Å². The van der Waals surface area contributed by atoms with Crippen LogP contribution in [0, 0.1) is 19.8 Å². The van der Waals surface area contributed by atoms with Crippen molar-refractivity contribution in [1.82, 2.24) is 15.1 Å². The minimum absolute atomic E-state index is 0.0912. The Balaban J connectivity index is 1.89. The van der Waals surface area contributed by atoms with E-state index in [1.54, 1.807) is 0 Å². The summed E-state index contributed by atoms with van der Waals surface area (Å²) in [4.78, 5) is 17.0. The molecule has 1 N–H and O–H groups in total. The van der Waals surface area contributed by atoms with Crippen molar-refractivity contribution in [3.8, 4) is 0 Å². The highest BCUT2D eigenvalue weighted by molar-refractivity contribution is 5.97. The van der Waals surface area contributed by atoms with Crippen molar-refractivity contribution in [3.05, 3.63) is 82.0 Å². The maximum absolute atomic E-state index is 13.0. The second-order valence-corrected chi connectivity index (χ2v) is 8.58. The van der Waals surface area contributed by atoms with E-state index in [9.17, 15) is 4.79 Å². The Morgan fingerprint density at radius 1 is 1.17 bits per heavy atom. The molecule has 154 valence electrons. The second kappa shape index (κ2) is 8.32. The van der Waals surface area contributed by atoms with Crippen LogP contribution in [0.15, 0.2) is 65.3 Å². The molecule has 2 aliphatic heterocycles. The molecular weight excluding hydrogens is 358 g/mol. The quantitative estimate of drug-likeness (QED) is 0.784. The second-order valence-electron chi connectivity index (χ2n) is 8.58. The van der Waals surface area contributed by atoms with Crippen LogP contribution < -0.4 is 5.32 Å². The van der Waals surface area contributed by atoms with Gasteiger partial charge < -0.3 is 15.1 Å². The molecule has 3 rings (SSSR count). The van der Waals surface area contributed by atoms with Gasteiger partial charge in [-0.25, -0.2) is 0 Å². The van der Waals surface area contributed by atoms with Crippen LogP contribution in [0.25, 0.3) is 0 Å². The molecule has 0 bridgehead atoms. The fraction of sp³-hybridized carbons (Fsp3) is 0.400. The van der Waals surface area contributed by atoms with E-state index >= 15 is 0 Å². The SMILES string of the molecule is C=C1C(NCc2c(C)cccc2C)=CC(C(=O)N2CC(C)C2)=CN1C(C)=C(C)C. The van der Waals surface area contributed by atoms with E-state index in [1.165, 1.54) is 22.3 Å². The van der Waals surface area contributed by atoms with Gasteiger partial charge >= 0.3 is 0 Å². The predicted molar refractivity (Wildman–Crippen MR) is 120 cm³/mol. The van der Waals surface area contributed by atoms with Crippen LogP contribution in [-0.2, 0) is 11.3 Å². The average Bonchev–Trinajstić information content (AvgIpc) is 2.65. The van der Waals surface area contributed by atoms with Crippen LogP contribution in [0.4, 0.5) is 0 Å². The number of carbonyl (C=O) groups excluding carboxylic acids is 1. The Hall–Kier alpha value is -2.75. The van der Waals surface area contributed by atoms with Crippen LogP contribution in [-0.4, -0.2) is 28.8 Å². The zero-order valence-corrected chi connectivity index (χ0v) is 18.6. The number of likely N-dealkylation sites (tertiary alicyclic amines) is 1. The topological polar surface area (TPSA) is 35.6 Å². The minimum Gasteiger partial charge on any atom is -0.379 e. The normalized spacial score (nSPS) is 16.8. The molecule has 1 saturated heterocycles. The van der Waals surface area contributed by atoms with E-state index < -0.39 is 0 Å². The Labute approximate surface area is 175 Å². The molecule has 2 aliphatic rings. The van der Waals surface area contributed by atoms with Crippen molar-refractivity contribution in [2.75, 3.05) is 13.1 Å². The Bertz CT molecular complexity index is 905. The van der Waals surface area contributed by atoms with E-state index in [2.05, 4.69) is 71.6 Å². The Morgan fingerprint density at radius 2 is 1.79 bits per heavy atom. The van der Waals surface area contributed by atoms with Crippen molar-refractivity contribution in [2.24, 2.45) is 5.92 Å². The highest BCUT2D eigenvalue weighted by Gasteiger charge is 2.31. The molecule has 1 aromatic rings. The van der Waals surface area contributed by atoms with E-state index in [4.69, 9.17) is 0 Å². The number of amides is 1. The zero-order valence-electron chi connectivity index (χ0n) is 18.6. The van der Waals surface area contributed by atoms with Gasteiger partial charge in [-0.2, -0.15) is 0 Å². The van der Waals surface area contributed by atoms with Crippen molar-refractivity contribution in [2.45, 2.75) is 48.1 Å². The third kappa shape index (κ3) is 4.31. The van der Waals surface area contributed by atoms with Gasteiger partial charge in [0, 0.05) is 31.5 Å². The van der Waals surface area contributed by atoms with Gasteiger partial charge in [0.2, 0.25) is 0 Å². The maximum Gasteiger partial charge on any atom is 0.255 e. The van der Waals surface area contributed by atoms with Gasteiger partial charge in [0.05, 0.1) is 17.0 Å². The Morgan fingerprint density at radius 3 is 2.34 bits per heavy atom. The number of hydrogen-bond acceptors (Lipinski definition) is 3. The van der Waals surface area contributed by atoms with E-state index in [0.29, 0.717) is 18.0 Å². The molecular formula is C25H33N3O. The van der Waals surface area contributed by atoms with Gasteiger partial charge in [-0.1, -0.05) is 37.3 Å². The third-order valence-corrected chi connectivity index (χ3v) is 5.95. The molecule has 29 heavy (non-hydrogen) atoms.